The van der Waals surface area contributed by atoms with E-state index >= 15 is 0 Å². The molecule has 0 aromatic rings. The molecule has 0 aromatic heterocycles. The van der Waals surface area contributed by atoms with Gasteiger partial charge in [0.25, 0.3) is 0 Å². The first-order valence-electron chi connectivity index (χ1n) is 8.31. The molecule has 8 nitrogen and oxygen atoms in total. The molecule has 8 heteroatoms. The van der Waals surface area contributed by atoms with Crippen molar-refractivity contribution in [2.24, 2.45) is 0 Å². The fourth-order valence-electron chi connectivity index (χ4n) is 2.84. The lowest BCUT2D eigenvalue weighted by atomic mass is 9.88. The summed E-state index contributed by atoms with van der Waals surface area (Å²) in [5, 5.41) is 23.1. The number of nitrogens with one attached hydrogen (secondary N) is 1. The third-order valence-corrected chi connectivity index (χ3v) is 4.51. The van der Waals surface area contributed by atoms with E-state index in [9.17, 15) is 19.8 Å². The van der Waals surface area contributed by atoms with Crippen LogP contribution in [-0.4, -0.2) is 96.0 Å². The van der Waals surface area contributed by atoms with Gasteiger partial charge in [0.15, 0.2) is 0 Å². The molecule has 2 heterocycles. The molecule has 3 N–H and O–H groups in total. The van der Waals surface area contributed by atoms with Gasteiger partial charge in [-0.1, -0.05) is 6.08 Å². The third-order valence-electron chi connectivity index (χ3n) is 4.51. The molecule has 0 bridgehead atoms. The lowest BCUT2D eigenvalue weighted by molar-refractivity contribution is -0.146. The Bertz CT molecular complexity index is 478. The predicted molar refractivity (Wildman–Crippen MR) is 87.2 cm³/mol. The number of carbonyl (C=O) groups excluding carboxylic acids is 2. The number of ether oxygens (including phenoxy) is 1. The zero-order chi connectivity index (χ0) is 17.6. The minimum atomic E-state index is -1.39. The van der Waals surface area contributed by atoms with E-state index in [1.54, 1.807) is 0 Å². The average molecular weight is 341 g/mol. The summed E-state index contributed by atoms with van der Waals surface area (Å²) in [5.74, 6) is -0.441. The summed E-state index contributed by atoms with van der Waals surface area (Å²) in [7, 11) is 0. The van der Waals surface area contributed by atoms with E-state index < -0.39 is 11.7 Å². The number of piperidine rings is 1. The second kappa shape index (κ2) is 8.57. The number of rotatable bonds is 5. The molecule has 0 aromatic carbocycles. The number of hydrogen-bond donors (Lipinski definition) is 3. The Morgan fingerprint density at radius 1 is 1.33 bits per heavy atom. The van der Waals surface area contributed by atoms with Gasteiger partial charge in [0, 0.05) is 52.3 Å². The molecular weight excluding hydrogens is 314 g/mol. The number of amides is 2. The van der Waals surface area contributed by atoms with E-state index in [-0.39, 0.29) is 31.3 Å². The first-order valence-corrected chi connectivity index (χ1v) is 8.31. The van der Waals surface area contributed by atoms with Crippen molar-refractivity contribution in [3.8, 4) is 0 Å². The van der Waals surface area contributed by atoms with Gasteiger partial charge in [0.2, 0.25) is 11.8 Å². The van der Waals surface area contributed by atoms with E-state index in [0.29, 0.717) is 26.3 Å². The van der Waals surface area contributed by atoms with Crippen LogP contribution >= 0.6 is 0 Å². The Morgan fingerprint density at radius 2 is 2.04 bits per heavy atom. The highest BCUT2D eigenvalue weighted by Crippen LogP contribution is 2.22. The Labute approximate surface area is 142 Å². The van der Waals surface area contributed by atoms with Crippen LogP contribution in [0.2, 0.25) is 0 Å². The fraction of sp³-hybridized carbons (Fsp3) is 0.750. The molecule has 2 fully saturated rings. The van der Waals surface area contributed by atoms with Crippen LogP contribution in [0.3, 0.4) is 0 Å². The van der Waals surface area contributed by atoms with E-state index in [0.717, 1.165) is 13.1 Å². The standard InChI is InChI=1S/C16H27N3O5/c1-13(20)17-12-16(23)4-6-19(11-14(16)21)15(22)3-2-5-18-7-9-24-10-8-18/h2-3,14,21,23H,4-12H2,1H3,(H,17,20)/b3-2+/t14-,16-/m1/s1. The van der Waals surface area contributed by atoms with Crippen molar-refractivity contribution in [1.82, 2.24) is 15.1 Å². The summed E-state index contributed by atoms with van der Waals surface area (Å²) in [6.07, 6.45) is 2.46. The van der Waals surface area contributed by atoms with Crippen LogP contribution in [-0.2, 0) is 14.3 Å². The lowest BCUT2D eigenvalue weighted by Crippen LogP contribution is -2.60. The molecule has 0 unspecified atom stereocenters. The highest BCUT2D eigenvalue weighted by molar-refractivity contribution is 5.87. The van der Waals surface area contributed by atoms with Gasteiger partial charge in [-0.2, -0.15) is 0 Å². The molecule has 2 aliphatic rings. The van der Waals surface area contributed by atoms with Crippen LogP contribution in [0, 0.1) is 0 Å². The Hall–Kier alpha value is -1.48. The SMILES string of the molecule is CC(=O)NC[C@]1(O)CCN(C(=O)/C=C/CN2CCOCC2)C[C@H]1O. The summed E-state index contributed by atoms with van der Waals surface area (Å²) in [6.45, 7) is 5.57. The molecule has 2 rings (SSSR count). The minimum Gasteiger partial charge on any atom is -0.388 e. The number of aliphatic hydroxyl groups is 2. The van der Waals surface area contributed by atoms with Crippen molar-refractivity contribution in [3.63, 3.8) is 0 Å². The van der Waals surface area contributed by atoms with Crippen LogP contribution in [0.25, 0.3) is 0 Å². The smallest absolute Gasteiger partial charge is 0.246 e. The van der Waals surface area contributed by atoms with Gasteiger partial charge in [-0.05, 0) is 6.42 Å². The topological polar surface area (TPSA) is 102 Å². The summed E-state index contributed by atoms with van der Waals surface area (Å²) in [4.78, 5) is 26.9. The van der Waals surface area contributed by atoms with Crippen LogP contribution in [0.4, 0.5) is 0 Å². The van der Waals surface area contributed by atoms with Crippen molar-refractivity contribution in [2.45, 2.75) is 25.0 Å². The zero-order valence-corrected chi connectivity index (χ0v) is 14.1. The second-order valence-electron chi connectivity index (χ2n) is 6.38. The van der Waals surface area contributed by atoms with Gasteiger partial charge in [-0.15, -0.1) is 0 Å². The van der Waals surface area contributed by atoms with Crippen molar-refractivity contribution in [1.29, 1.82) is 0 Å². The van der Waals surface area contributed by atoms with Gasteiger partial charge in [-0.3, -0.25) is 14.5 Å². The first kappa shape index (κ1) is 18.9. The summed E-state index contributed by atoms with van der Waals surface area (Å²) in [6, 6.07) is 0. The Balaban J connectivity index is 1.79. The number of morpholine rings is 1. The highest BCUT2D eigenvalue weighted by atomic mass is 16.5. The van der Waals surface area contributed by atoms with Crippen LogP contribution in [0.1, 0.15) is 13.3 Å². The molecule has 136 valence electrons. The average Bonchev–Trinajstić information content (AvgIpc) is 2.56. The maximum Gasteiger partial charge on any atom is 0.246 e. The third kappa shape index (κ3) is 5.27. The largest absolute Gasteiger partial charge is 0.388 e. The van der Waals surface area contributed by atoms with Crippen molar-refractivity contribution >= 4 is 11.8 Å². The molecule has 2 amide bonds. The molecular formula is C16H27N3O5. The number of β-amino-alcohol motifs (C(OH)–C–C–N with tert-alkyl or cyclic N) is 1. The van der Waals surface area contributed by atoms with Crippen molar-refractivity contribution in [2.75, 3.05) is 52.5 Å². The van der Waals surface area contributed by atoms with Crippen LogP contribution < -0.4 is 5.32 Å². The van der Waals surface area contributed by atoms with E-state index in [1.165, 1.54) is 17.9 Å². The molecule has 0 saturated carbocycles. The normalized spacial score (nSPS) is 29.0. The van der Waals surface area contributed by atoms with Gasteiger partial charge in [-0.25, -0.2) is 0 Å². The number of aliphatic hydroxyl groups excluding tert-OH is 1. The quantitative estimate of drug-likeness (QED) is 0.517. The zero-order valence-electron chi connectivity index (χ0n) is 14.1. The molecule has 24 heavy (non-hydrogen) atoms. The summed E-state index contributed by atoms with van der Waals surface area (Å²) >= 11 is 0. The number of carbonyl (C=O) groups is 2. The minimum absolute atomic E-state index is 0.0155. The fourth-order valence-corrected chi connectivity index (χ4v) is 2.84. The van der Waals surface area contributed by atoms with Gasteiger partial charge in [0.1, 0.15) is 11.7 Å². The maximum absolute atomic E-state index is 12.2. The first-order chi connectivity index (χ1) is 11.4. The van der Waals surface area contributed by atoms with Gasteiger partial charge < -0.3 is 25.2 Å². The highest BCUT2D eigenvalue weighted by Gasteiger charge is 2.41. The van der Waals surface area contributed by atoms with Crippen LogP contribution in [0.15, 0.2) is 12.2 Å². The second-order valence-corrected chi connectivity index (χ2v) is 6.38. The maximum atomic E-state index is 12.2. The van der Waals surface area contributed by atoms with E-state index in [2.05, 4.69) is 10.2 Å². The lowest BCUT2D eigenvalue weighted by Gasteiger charge is -2.41. The Morgan fingerprint density at radius 3 is 2.67 bits per heavy atom. The van der Waals surface area contributed by atoms with E-state index in [4.69, 9.17) is 4.74 Å². The van der Waals surface area contributed by atoms with Crippen molar-refractivity contribution in [3.05, 3.63) is 12.2 Å². The summed E-state index contributed by atoms with van der Waals surface area (Å²) < 4.78 is 5.27. The number of nitrogens with zero attached hydrogens (tertiary/aromatic N) is 2. The predicted octanol–water partition coefficient (Wildman–Crippen LogP) is -1.66. The molecule has 2 aliphatic heterocycles. The van der Waals surface area contributed by atoms with E-state index in [1.807, 2.05) is 6.08 Å². The van der Waals surface area contributed by atoms with Crippen LogP contribution in [0.5, 0.6) is 0 Å². The molecule has 2 atom stereocenters. The van der Waals surface area contributed by atoms with Gasteiger partial charge in [0.05, 0.1) is 13.2 Å². The molecule has 0 radical (unpaired) electrons. The van der Waals surface area contributed by atoms with Crippen molar-refractivity contribution < 1.29 is 24.5 Å². The Kier molecular flexibility index (Phi) is 6.73. The van der Waals surface area contributed by atoms with Gasteiger partial charge >= 0.3 is 0 Å². The molecule has 2 saturated heterocycles. The number of hydrogen-bond acceptors (Lipinski definition) is 6. The summed E-state index contributed by atoms with van der Waals surface area (Å²) in [5.41, 5.74) is -1.39. The molecule has 0 spiro atoms. The molecule has 0 aliphatic carbocycles. The monoisotopic (exact) mass is 341 g/mol. The number of likely N-dealkylation sites (tertiary alicyclic amines) is 1.